The second-order valence-corrected chi connectivity index (χ2v) is 3.70. The minimum atomic E-state index is -0.128. The minimum Gasteiger partial charge on any atom is -0.350 e. The summed E-state index contributed by atoms with van der Waals surface area (Å²) in [6, 6.07) is 1.84. The molecule has 2 aromatic rings. The molecule has 0 radical (unpaired) electrons. The Morgan fingerprint density at radius 2 is 2.35 bits per heavy atom. The summed E-state index contributed by atoms with van der Waals surface area (Å²) in [7, 11) is 0. The van der Waals surface area contributed by atoms with Crippen LogP contribution in [0, 0.1) is 0 Å². The summed E-state index contributed by atoms with van der Waals surface area (Å²) < 4.78 is 3.14. The van der Waals surface area contributed by atoms with Crippen molar-refractivity contribution in [1.82, 2.24) is 35.3 Å². The molecule has 1 N–H and O–H groups in total. The zero-order valence-electron chi connectivity index (χ0n) is 9.39. The number of nitrogens with zero attached hydrogens (tertiary/aromatic N) is 6. The fourth-order valence-electron chi connectivity index (χ4n) is 1.45. The summed E-state index contributed by atoms with van der Waals surface area (Å²) in [6.45, 7) is 2.67. The second kappa shape index (κ2) is 5.19. The largest absolute Gasteiger partial charge is 0.350 e. The van der Waals surface area contributed by atoms with E-state index in [9.17, 15) is 4.79 Å². The molecule has 90 valence electrons. The lowest BCUT2D eigenvalue weighted by atomic mass is 10.3. The fourth-order valence-corrected chi connectivity index (χ4v) is 1.45. The number of hydrogen-bond donors (Lipinski definition) is 1. The van der Waals surface area contributed by atoms with Gasteiger partial charge < -0.3 is 5.32 Å². The fraction of sp³-hybridized carbons (Fsp3) is 0.444. The van der Waals surface area contributed by atoms with Gasteiger partial charge in [0.1, 0.15) is 12.9 Å². The number of rotatable bonds is 5. The van der Waals surface area contributed by atoms with Gasteiger partial charge in [0, 0.05) is 18.4 Å². The van der Waals surface area contributed by atoms with Crippen LogP contribution in [0.3, 0.4) is 0 Å². The molecule has 0 saturated heterocycles. The summed E-state index contributed by atoms with van der Waals surface area (Å²) in [6.07, 6.45) is 4.96. The van der Waals surface area contributed by atoms with E-state index in [2.05, 4.69) is 25.9 Å². The van der Waals surface area contributed by atoms with E-state index in [1.807, 2.05) is 19.2 Å². The van der Waals surface area contributed by atoms with Gasteiger partial charge in [-0.3, -0.25) is 9.48 Å². The number of hydrogen-bond acceptors (Lipinski definition) is 5. The van der Waals surface area contributed by atoms with Gasteiger partial charge in [0.2, 0.25) is 5.91 Å². The van der Waals surface area contributed by atoms with Gasteiger partial charge in [0.05, 0.1) is 6.54 Å². The van der Waals surface area contributed by atoms with E-state index in [-0.39, 0.29) is 18.5 Å². The Kier molecular flexibility index (Phi) is 3.43. The molecule has 8 heteroatoms. The number of tetrazole rings is 1. The second-order valence-electron chi connectivity index (χ2n) is 3.70. The Balaban J connectivity index is 1.78. The van der Waals surface area contributed by atoms with E-state index in [0.717, 1.165) is 0 Å². The Hall–Kier alpha value is -2.25. The predicted octanol–water partition coefficient (Wildman–Crippen LogP) is -0.925. The molecule has 1 unspecified atom stereocenters. The van der Waals surface area contributed by atoms with Crippen LogP contribution in [0.25, 0.3) is 0 Å². The van der Waals surface area contributed by atoms with Gasteiger partial charge in [-0.2, -0.15) is 5.10 Å². The first-order chi connectivity index (χ1) is 8.24. The average Bonchev–Trinajstić information content (AvgIpc) is 2.90. The molecular formula is C9H13N7O. The zero-order chi connectivity index (χ0) is 12.1. The topological polar surface area (TPSA) is 90.5 Å². The van der Waals surface area contributed by atoms with Gasteiger partial charge >= 0.3 is 0 Å². The van der Waals surface area contributed by atoms with Gasteiger partial charge in [-0.05, 0) is 23.4 Å². The summed E-state index contributed by atoms with van der Waals surface area (Å²) in [5, 5.41) is 17.4. The number of carbonyl (C=O) groups is 1. The van der Waals surface area contributed by atoms with E-state index in [1.54, 1.807) is 10.9 Å². The molecule has 1 amide bonds. The Labute approximate surface area is 97.6 Å². The first kappa shape index (κ1) is 11.2. The summed E-state index contributed by atoms with van der Waals surface area (Å²) >= 11 is 0. The highest BCUT2D eigenvalue weighted by Gasteiger charge is 2.09. The third kappa shape index (κ3) is 3.37. The van der Waals surface area contributed by atoms with E-state index in [1.165, 1.54) is 11.0 Å². The monoisotopic (exact) mass is 235 g/mol. The molecule has 2 rings (SSSR count). The molecule has 0 saturated carbocycles. The normalized spacial score (nSPS) is 12.3. The van der Waals surface area contributed by atoms with Gasteiger partial charge in [0.25, 0.3) is 0 Å². The maximum Gasteiger partial charge on any atom is 0.242 e. The van der Waals surface area contributed by atoms with Crippen LogP contribution in [0.5, 0.6) is 0 Å². The average molecular weight is 235 g/mol. The van der Waals surface area contributed by atoms with E-state index >= 15 is 0 Å². The van der Waals surface area contributed by atoms with E-state index < -0.39 is 0 Å². The highest BCUT2D eigenvalue weighted by atomic mass is 16.2. The lowest BCUT2D eigenvalue weighted by molar-refractivity contribution is -0.122. The van der Waals surface area contributed by atoms with Crippen molar-refractivity contribution in [3.8, 4) is 0 Å². The van der Waals surface area contributed by atoms with Crippen molar-refractivity contribution in [3.05, 3.63) is 24.8 Å². The predicted molar refractivity (Wildman–Crippen MR) is 57.6 cm³/mol. The third-order valence-electron chi connectivity index (χ3n) is 2.12. The van der Waals surface area contributed by atoms with Crippen LogP contribution in [-0.2, 0) is 17.9 Å². The summed E-state index contributed by atoms with van der Waals surface area (Å²) in [4.78, 5) is 11.6. The minimum absolute atomic E-state index is 0.00104. The van der Waals surface area contributed by atoms with E-state index in [0.29, 0.717) is 6.54 Å². The standard InChI is InChI=1S/C9H13N7O/c1-8(5-15-4-2-3-11-15)12-9(17)6-16-7-10-13-14-16/h2-4,7-8H,5-6H2,1H3,(H,12,17). The molecule has 0 aliphatic rings. The number of carbonyl (C=O) groups excluding carboxylic acids is 1. The molecule has 0 bridgehead atoms. The molecule has 17 heavy (non-hydrogen) atoms. The van der Waals surface area contributed by atoms with Crippen LogP contribution in [-0.4, -0.2) is 41.9 Å². The molecule has 1 atom stereocenters. The van der Waals surface area contributed by atoms with Crippen molar-refractivity contribution in [3.63, 3.8) is 0 Å². The molecule has 0 spiro atoms. The lowest BCUT2D eigenvalue weighted by Crippen LogP contribution is -2.37. The Bertz CT molecular complexity index is 450. The Morgan fingerprint density at radius 3 is 3.00 bits per heavy atom. The summed E-state index contributed by atoms with van der Waals surface area (Å²) in [5.41, 5.74) is 0. The van der Waals surface area contributed by atoms with Crippen molar-refractivity contribution >= 4 is 5.91 Å². The highest BCUT2D eigenvalue weighted by molar-refractivity contribution is 5.75. The van der Waals surface area contributed by atoms with Crippen molar-refractivity contribution in [2.45, 2.75) is 26.1 Å². The van der Waals surface area contributed by atoms with Crippen molar-refractivity contribution < 1.29 is 4.79 Å². The number of aromatic nitrogens is 6. The maximum absolute atomic E-state index is 11.6. The molecule has 2 aromatic heterocycles. The SMILES string of the molecule is CC(Cn1cccn1)NC(=O)Cn1cnnn1. The zero-order valence-corrected chi connectivity index (χ0v) is 9.39. The Morgan fingerprint density at radius 1 is 1.47 bits per heavy atom. The van der Waals surface area contributed by atoms with Gasteiger partial charge in [-0.1, -0.05) is 0 Å². The van der Waals surface area contributed by atoms with Crippen LogP contribution < -0.4 is 5.32 Å². The van der Waals surface area contributed by atoms with Crippen molar-refractivity contribution in [2.24, 2.45) is 0 Å². The first-order valence-corrected chi connectivity index (χ1v) is 5.21. The third-order valence-corrected chi connectivity index (χ3v) is 2.12. The molecule has 0 fully saturated rings. The molecule has 2 heterocycles. The highest BCUT2D eigenvalue weighted by Crippen LogP contribution is 1.91. The quantitative estimate of drug-likeness (QED) is 0.723. The van der Waals surface area contributed by atoms with E-state index in [4.69, 9.17) is 0 Å². The summed E-state index contributed by atoms with van der Waals surface area (Å²) in [5.74, 6) is -0.128. The van der Waals surface area contributed by atoms with Gasteiger partial charge in [-0.25, -0.2) is 4.68 Å². The molecule has 0 aliphatic heterocycles. The van der Waals surface area contributed by atoms with Crippen LogP contribution in [0.4, 0.5) is 0 Å². The molecule has 8 nitrogen and oxygen atoms in total. The first-order valence-electron chi connectivity index (χ1n) is 5.21. The van der Waals surface area contributed by atoms with Crippen LogP contribution in [0.1, 0.15) is 6.92 Å². The van der Waals surface area contributed by atoms with Crippen LogP contribution in [0.15, 0.2) is 24.8 Å². The van der Waals surface area contributed by atoms with Crippen molar-refractivity contribution in [1.29, 1.82) is 0 Å². The molecule has 0 aliphatic carbocycles. The van der Waals surface area contributed by atoms with Gasteiger partial charge in [0.15, 0.2) is 0 Å². The van der Waals surface area contributed by atoms with Gasteiger partial charge in [-0.15, -0.1) is 5.10 Å². The molecule has 0 aromatic carbocycles. The lowest BCUT2D eigenvalue weighted by Gasteiger charge is -2.13. The van der Waals surface area contributed by atoms with Crippen LogP contribution >= 0.6 is 0 Å². The smallest absolute Gasteiger partial charge is 0.242 e. The van der Waals surface area contributed by atoms with Crippen molar-refractivity contribution in [2.75, 3.05) is 0 Å². The maximum atomic E-state index is 11.6. The number of amides is 1. The molecular weight excluding hydrogens is 222 g/mol. The number of nitrogens with one attached hydrogen (secondary N) is 1. The van der Waals surface area contributed by atoms with Crippen LogP contribution in [0.2, 0.25) is 0 Å².